The maximum atomic E-state index is 12.3. The van der Waals surface area contributed by atoms with Crippen LogP contribution in [-0.4, -0.2) is 11.5 Å². The second kappa shape index (κ2) is 5.49. The van der Waals surface area contributed by atoms with Crippen LogP contribution in [0.15, 0.2) is 40.9 Å². The van der Waals surface area contributed by atoms with Gasteiger partial charge in [0.05, 0.1) is 0 Å². The predicted molar refractivity (Wildman–Crippen MR) is 100 cm³/mol. The highest BCUT2D eigenvalue weighted by atomic mass is 79.9. The summed E-state index contributed by atoms with van der Waals surface area (Å²) in [6.45, 7) is 4.23. The molecule has 0 atom stereocenters. The van der Waals surface area contributed by atoms with E-state index in [1.165, 1.54) is 5.56 Å². The van der Waals surface area contributed by atoms with Crippen LogP contribution in [0, 0.1) is 0 Å². The third-order valence-electron chi connectivity index (χ3n) is 4.54. The van der Waals surface area contributed by atoms with Gasteiger partial charge in [0.1, 0.15) is 11.4 Å². The number of anilines is 1. The van der Waals surface area contributed by atoms with E-state index in [1.807, 2.05) is 36.4 Å². The summed E-state index contributed by atoms with van der Waals surface area (Å²) in [4.78, 5) is 12.3. The fraction of sp³-hybridized carbons (Fsp3) is 0.250. The fourth-order valence-electron chi connectivity index (χ4n) is 3.24. The Balaban J connectivity index is 1.73. The third-order valence-corrected chi connectivity index (χ3v) is 5.04. The lowest BCUT2D eigenvalue weighted by atomic mass is 9.93. The van der Waals surface area contributed by atoms with E-state index in [0.29, 0.717) is 5.57 Å². The highest BCUT2D eigenvalue weighted by Crippen LogP contribution is 2.37. The smallest absolute Gasteiger partial charge is 0.256 e. The van der Waals surface area contributed by atoms with Crippen molar-refractivity contribution in [2.45, 2.75) is 32.3 Å². The minimum absolute atomic E-state index is 0.0572. The average molecular weight is 384 g/mol. The molecule has 0 aromatic heterocycles. The number of hydrogen-bond donors (Lipinski definition) is 1. The van der Waals surface area contributed by atoms with Crippen LogP contribution >= 0.6 is 15.9 Å². The predicted octanol–water partition coefficient (Wildman–Crippen LogP) is 5.05. The SMILES string of the molecule is CC1(C)CCc2cc(C=C3C(=O)Nc4ccc(Br)cc43)ccc2O1. The van der Waals surface area contributed by atoms with Gasteiger partial charge in [-0.1, -0.05) is 22.0 Å². The molecule has 0 aliphatic carbocycles. The van der Waals surface area contributed by atoms with Gasteiger partial charge in [0, 0.05) is 21.3 Å². The quantitative estimate of drug-likeness (QED) is 0.700. The summed E-state index contributed by atoms with van der Waals surface area (Å²) in [6, 6.07) is 12.0. The number of ether oxygens (including phenoxy) is 1. The van der Waals surface area contributed by atoms with E-state index in [9.17, 15) is 4.79 Å². The average Bonchev–Trinajstić information content (AvgIpc) is 2.82. The zero-order valence-electron chi connectivity index (χ0n) is 13.7. The molecular formula is C20H18BrNO2. The van der Waals surface area contributed by atoms with Crippen molar-refractivity contribution in [2.75, 3.05) is 5.32 Å². The van der Waals surface area contributed by atoms with E-state index in [2.05, 4.69) is 41.2 Å². The van der Waals surface area contributed by atoms with Crippen LogP contribution in [-0.2, 0) is 11.2 Å². The molecule has 0 saturated carbocycles. The van der Waals surface area contributed by atoms with Crippen LogP contribution < -0.4 is 10.1 Å². The van der Waals surface area contributed by atoms with Crippen LogP contribution in [0.3, 0.4) is 0 Å². The van der Waals surface area contributed by atoms with Gasteiger partial charge in [-0.3, -0.25) is 4.79 Å². The van der Waals surface area contributed by atoms with Crippen molar-refractivity contribution < 1.29 is 9.53 Å². The summed E-state index contributed by atoms with van der Waals surface area (Å²) < 4.78 is 6.99. The van der Waals surface area contributed by atoms with Crippen molar-refractivity contribution in [1.82, 2.24) is 0 Å². The van der Waals surface area contributed by atoms with Gasteiger partial charge in [-0.25, -0.2) is 0 Å². The molecule has 2 heterocycles. The molecule has 2 aliphatic heterocycles. The minimum Gasteiger partial charge on any atom is -0.488 e. The Morgan fingerprint density at radius 3 is 2.88 bits per heavy atom. The summed E-state index contributed by atoms with van der Waals surface area (Å²) in [5.41, 5.74) is 4.61. The van der Waals surface area contributed by atoms with Gasteiger partial charge < -0.3 is 10.1 Å². The molecular weight excluding hydrogens is 366 g/mol. The van der Waals surface area contributed by atoms with E-state index >= 15 is 0 Å². The summed E-state index contributed by atoms with van der Waals surface area (Å²) in [5.74, 6) is 0.894. The van der Waals surface area contributed by atoms with E-state index in [0.717, 1.165) is 39.9 Å². The van der Waals surface area contributed by atoms with Gasteiger partial charge in [0.15, 0.2) is 0 Å². The molecule has 0 bridgehead atoms. The minimum atomic E-state index is -0.108. The molecule has 0 fully saturated rings. The Morgan fingerprint density at radius 2 is 2.04 bits per heavy atom. The van der Waals surface area contributed by atoms with Gasteiger partial charge >= 0.3 is 0 Å². The number of fused-ring (bicyclic) bond motifs is 2. The van der Waals surface area contributed by atoms with Gasteiger partial charge in [0.2, 0.25) is 0 Å². The lowest BCUT2D eigenvalue weighted by Crippen LogP contribution is -2.32. The first-order valence-corrected chi connectivity index (χ1v) is 8.85. The zero-order valence-corrected chi connectivity index (χ0v) is 15.2. The third kappa shape index (κ3) is 2.75. The van der Waals surface area contributed by atoms with E-state index in [1.54, 1.807) is 0 Å². The van der Waals surface area contributed by atoms with Crippen molar-refractivity contribution in [2.24, 2.45) is 0 Å². The van der Waals surface area contributed by atoms with Crippen LogP contribution in [0.1, 0.15) is 37.0 Å². The summed E-state index contributed by atoms with van der Waals surface area (Å²) in [6.07, 6.45) is 3.94. The molecule has 4 rings (SSSR count). The van der Waals surface area contributed by atoms with Crippen molar-refractivity contribution in [3.63, 3.8) is 0 Å². The molecule has 2 aromatic rings. The number of nitrogens with one attached hydrogen (secondary N) is 1. The van der Waals surface area contributed by atoms with Gasteiger partial charge in [-0.05, 0) is 74.2 Å². The van der Waals surface area contributed by atoms with Gasteiger partial charge in [-0.15, -0.1) is 0 Å². The lowest BCUT2D eigenvalue weighted by molar-refractivity contribution is -0.110. The Bertz CT molecular complexity index is 883. The summed E-state index contributed by atoms with van der Waals surface area (Å²) in [7, 11) is 0. The van der Waals surface area contributed by atoms with Crippen LogP contribution in [0.4, 0.5) is 5.69 Å². The van der Waals surface area contributed by atoms with E-state index < -0.39 is 0 Å². The molecule has 0 unspecified atom stereocenters. The number of rotatable bonds is 1. The molecule has 0 saturated heterocycles. The van der Waals surface area contributed by atoms with Crippen LogP contribution in [0.5, 0.6) is 5.75 Å². The maximum absolute atomic E-state index is 12.3. The van der Waals surface area contributed by atoms with Gasteiger partial charge in [-0.2, -0.15) is 0 Å². The first kappa shape index (κ1) is 15.5. The number of carbonyl (C=O) groups excluding carboxylic acids is 1. The largest absolute Gasteiger partial charge is 0.488 e. The number of benzene rings is 2. The summed E-state index contributed by atoms with van der Waals surface area (Å²) in [5, 5.41) is 2.92. The molecule has 24 heavy (non-hydrogen) atoms. The molecule has 0 spiro atoms. The molecule has 2 aliphatic rings. The monoisotopic (exact) mass is 383 g/mol. The number of aryl methyl sites for hydroxylation is 1. The Labute approximate surface area is 149 Å². The number of carbonyl (C=O) groups is 1. The van der Waals surface area contributed by atoms with Crippen molar-refractivity contribution in [3.05, 3.63) is 57.6 Å². The fourth-order valence-corrected chi connectivity index (χ4v) is 3.60. The highest BCUT2D eigenvalue weighted by molar-refractivity contribution is 9.10. The van der Waals surface area contributed by atoms with Crippen molar-refractivity contribution >= 4 is 39.2 Å². The molecule has 3 nitrogen and oxygen atoms in total. The zero-order chi connectivity index (χ0) is 16.9. The van der Waals surface area contributed by atoms with Crippen molar-refractivity contribution in [1.29, 1.82) is 0 Å². The second-order valence-corrected chi connectivity index (χ2v) is 7.85. The Morgan fingerprint density at radius 1 is 1.21 bits per heavy atom. The Kier molecular flexibility index (Phi) is 3.53. The van der Waals surface area contributed by atoms with Crippen LogP contribution in [0.2, 0.25) is 0 Å². The molecule has 122 valence electrons. The van der Waals surface area contributed by atoms with Crippen LogP contribution in [0.25, 0.3) is 11.6 Å². The lowest BCUT2D eigenvalue weighted by Gasteiger charge is -2.32. The topological polar surface area (TPSA) is 38.3 Å². The molecule has 1 amide bonds. The molecule has 4 heteroatoms. The van der Waals surface area contributed by atoms with Gasteiger partial charge in [0.25, 0.3) is 5.91 Å². The van der Waals surface area contributed by atoms with E-state index in [-0.39, 0.29) is 11.5 Å². The normalized spacial score (nSPS) is 19.5. The standard InChI is InChI=1S/C20H18BrNO2/c1-20(2)8-7-13-9-12(3-6-18(13)24-20)10-16-15-11-14(21)4-5-17(15)22-19(16)23/h3-6,9-11H,7-8H2,1-2H3,(H,22,23). The van der Waals surface area contributed by atoms with Crippen molar-refractivity contribution in [3.8, 4) is 5.75 Å². The second-order valence-electron chi connectivity index (χ2n) is 6.93. The first-order valence-electron chi connectivity index (χ1n) is 8.06. The maximum Gasteiger partial charge on any atom is 0.256 e. The summed E-state index contributed by atoms with van der Waals surface area (Å²) >= 11 is 3.47. The number of hydrogen-bond acceptors (Lipinski definition) is 2. The molecule has 1 N–H and O–H groups in total. The Hall–Kier alpha value is -2.07. The highest BCUT2D eigenvalue weighted by Gasteiger charge is 2.27. The number of halogens is 1. The molecule has 0 radical (unpaired) electrons. The molecule has 2 aromatic carbocycles. The first-order chi connectivity index (χ1) is 11.4. The van der Waals surface area contributed by atoms with E-state index in [4.69, 9.17) is 4.74 Å². The number of amides is 1.